The molecule has 6 heteroatoms. The first kappa shape index (κ1) is 18.2. The van der Waals surface area contributed by atoms with Gasteiger partial charge in [0.05, 0.1) is 10.9 Å². The molecule has 1 amide bonds. The van der Waals surface area contributed by atoms with Crippen molar-refractivity contribution in [3.63, 3.8) is 0 Å². The molecule has 2 aromatic carbocycles. The van der Waals surface area contributed by atoms with E-state index in [0.717, 1.165) is 15.4 Å². The van der Waals surface area contributed by atoms with Crippen molar-refractivity contribution in [3.05, 3.63) is 65.2 Å². The van der Waals surface area contributed by atoms with Gasteiger partial charge in [0.25, 0.3) is 5.91 Å². The molecular formula is C18H22N2O3S. The molecule has 5 nitrogen and oxygen atoms in total. The number of carbonyl (C=O) groups excluding carboxylic acids is 1. The SMILES string of the molecule is Cc1ccc(S(=O)(=O)N(C)C)cc1C(=O)N[C@@H](C)c1ccccc1. The molecular weight excluding hydrogens is 324 g/mol. The number of aryl methyl sites for hydroxylation is 1. The zero-order chi connectivity index (χ0) is 17.9. The van der Waals surface area contributed by atoms with Crippen LogP contribution in [0.2, 0.25) is 0 Å². The van der Waals surface area contributed by atoms with Crippen LogP contribution in [0.5, 0.6) is 0 Å². The average Bonchev–Trinajstić information content (AvgIpc) is 2.55. The van der Waals surface area contributed by atoms with E-state index in [0.29, 0.717) is 5.56 Å². The lowest BCUT2D eigenvalue weighted by Gasteiger charge is -2.17. The molecule has 24 heavy (non-hydrogen) atoms. The van der Waals surface area contributed by atoms with E-state index in [9.17, 15) is 13.2 Å². The average molecular weight is 346 g/mol. The van der Waals surface area contributed by atoms with E-state index in [1.54, 1.807) is 13.0 Å². The minimum Gasteiger partial charge on any atom is -0.346 e. The zero-order valence-electron chi connectivity index (χ0n) is 14.3. The van der Waals surface area contributed by atoms with E-state index in [2.05, 4.69) is 5.32 Å². The lowest BCUT2D eigenvalue weighted by molar-refractivity contribution is 0.0939. The highest BCUT2D eigenvalue weighted by molar-refractivity contribution is 7.89. The zero-order valence-corrected chi connectivity index (χ0v) is 15.1. The van der Waals surface area contributed by atoms with Gasteiger partial charge in [-0.1, -0.05) is 36.4 Å². The van der Waals surface area contributed by atoms with Crippen LogP contribution < -0.4 is 5.32 Å². The molecule has 0 spiro atoms. The standard InChI is InChI=1S/C18H22N2O3S/c1-13-10-11-16(24(22,23)20(3)4)12-17(13)18(21)19-14(2)15-8-6-5-7-9-15/h5-12,14H,1-4H3,(H,19,21)/t14-/m0/s1. The van der Waals surface area contributed by atoms with Gasteiger partial charge in [0.1, 0.15) is 0 Å². The number of hydrogen-bond donors (Lipinski definition) is 1. The molecule has 0 aliphatic rings. The molecule has 0 heterocycles. The van der Waals surface area contributed by atoms with Gasteiger partial charge in [-0.2, -0.15) is 0 Å². The van der Waals surface area contributed by atoms with E-state index in [1.165, 1.54) is 26.2 Å². The van der Waals surface area contributed by atoms with Gasteiger partial charge < -0.3 is 5.32 Å². The summed E-state index contributed by atoms with van der Waals surface area (Å²) in [5.74, 6) is -0.292. The summed E-state index contributed by atoms with van der Waals surface area (Å²) in [5.41, 5.74) is 2.08. The first-order valence-corrected chi connectivity index (χ1v) is 9.06. The maximum atomic E-state index is 12.6. The Morgan fingerprint density at radius 1 is 1.08 bits per heavy atom. The van der Waals surface area contributed by atoms with E-state index in [-0.39, 0.29) is 16.8 Å². The molecule has 128 valence electrons. The fourth-order valence-corrected chi connectivity index (χ4v) is 3.24. The third-order valence-corrected chi connectivity index (χ3v) is 5.69. The van der Waals surface area contributed by atoms with Gasteiger partial charge >= 0.3 is 0 Å². The summed E-state index contributed by atoms with van der Waals surface area (Å²) in [6, 6.07) is 14.0. The minimum atomic E-state index is -3.58. The predicted octanol–water partition coefficient (Wildman–Crippen LogP) is 2.74. The number of sulfonamides is 1. The summed E-state index contributed by atoms with van der Waals surface area (Å²) < 4.78 is 25.6. The Kier molecular flexibility index (Phi) is 5.41. The molecule has 0 radical (unpaired) electrons. The number of nitrogens with zero attached hydrogens (tertiary/aromatic N) is 1. The summed E-state index contributed by atoms with van der Waals surface area (Å²) in [7, 11) is -0.648. The lowest BCUT2D eigenvalue weighted by atomic mass is 10.1. The van der Waals surface area contributed by atoms with Crippen LogP contribution in [0, 0.1) is 6.92 Å². The van der Waals surface area contributed by atoms with Crippen LogP contribution >= 0.6 is 0 Å². The first-order chi connectivity index (χ1) is 11.2. The number of hydrogen-bond acceptors (Lipinski definition) is 3. The molecule has 0 saturated carbocycles. The second kappa shape index (κ2) is 7.15. The topological polar surface area (TPSA) is 66.5 Å². The van der Waals surface area contributed by atoms with Gasteiger partial charge in [0, 0.05) is 19.7 Å². The summed E-state index contributed by atoms with van der Waals surface area (Å²) in [5, 5.41) is 2.91. The number of amides is 1. The van der Waals surface area contributed by atoms with Gasteiger partial charge in [-0.3, -0.25) is 4.79 Å². The van der Waals surface area contributed by atoms with Crippen molar-refractivity contribution in [3.8, 4) is 0 Å². The monoisotopic (exact) mass is 346 g/mol. The van der Waals surface area contributed by atoms with Crippen LogP contribution in [0.3, 0.4) is 0 Å². The third-order valence-electron chi connectivity index (χ3n) is 3.88. The van der Waals surface area contributed by atoms with Gasteiger partial charge in [0.15, 0.2) is 0 Å². The molecule has 0 aliphatic heterocycles. The third kappa shape index (κ3) is 3.83. The Labute approximate surface area is 143 Å². The van der Waals surface area contributed by atoms with Gasteiger partial charge in [0.2, 0.25) is 10.0 Å². The van der Waals surface area contributed by atoms with Gasteiger partial charge in [-0.15, -0.1) is 0 Å². The smallest absolute Gasteiger partial charge is 0.252 e. The molecule has 0 aliphatic carbocycles. The number of rotatable bonds is 5. The highest BCUT2D eigenvalue weighted by atomic mass is 32.2. The van der Waals surface area contributed by atoms with E-state index in [1.807, 2.05) is 37.3 Å². The maximum absolute atomic E-state index is 12.6. The normalized spacial score (nSPS) is 12.9. The lowest BCUT2D eigenvalue weighted by Crippen LogP contribution is -2.28. The summed E-state index contributed by atoms with van der Waals surface area (Å²) in [6.07, 6.45) is 0. The van der Waals surface area contributed by atoms with Crippen LogP contribution in [0.15, 0.2) is 53.4 Å². The maximum Gasteiger partial charge on any atom is 0.252 e. The van der Waals surface area contributed by atoms with Crippen molar-refractivity contribution in [2.45, 2.75) is 24.8 Å². The molecule has 0 saturated heterocycles. The number of nitrogens with one attached hydrogen (secondary N) is 1. The van der Waals surface area contributed by atoms with Crippen LogP contribution in [-0.4, -0.2) is 32.7 Å². The Morgan fingerprint density at radius 3 is 2.29 bits per heavy atom. The highest BCUT2D eigenvalue weighted by Crippen LogP contribution is 2.19. The van der Waals surface area contributed by atoms with Crippen LogP contribution in [0.1, 0.15) is 34.5 Å². The van der Waals surface area contributed by atoms with Crippen molar-refractivity contribution >= 4 is 15.9 Å². The van der Waals surface area contributed by atoms with E-state index >= 15 is 0 Å². The second-order valence-electron chi connectivity index (χ2n) is 5.87. The fraction of sp³-hybridized carbons (Fsp3) is 0.278. The first-order valence-electron chi connectivity index (χ1n) is 7.62. The molecule has 2 rings (SSSR count). The Balaban J connectivity index is 2.30. The van der Waals surface area contributed by atoms with Gasteiger partial charge in [-0.25, -0.2) is 12.7 Å². The van der Waals surface area contributed by atoms with Crippen molar-refractivity contribution in [1.29, 1.82) is 0 Å². The Bertz CT molecular complexity index is 831. The molecule has 1 atom stereocenters. The molecule has 0 aromatic heterocycles. The molecule has 1 N–H and O–H groups in total. The van der Waals surface area contributed by atoms with E-state index < -0.39 is 10.0 Å². The van der Waals surface area contributed by atoms with Crippen molar-refractivity contribution in [2.75, 3.05) is 14.1 Å². The van der Waals surface area contributed by atoms with Crippen LogP contribution in [0.4, 0.5) is 0 Å². The van der Waals surface area contributed by atoms with E-state index in [4.69, 9.17) is 0 Å². The number of benzene rings is 2. The van der Waals surface area contributed by atoms with Crippen molar-refractivity contribution < 1.29 is 13.2 Å². The van der Waals surface area contributed by atoms with Crippen molar-refractivity contribution in [1.82, 2.24) is 9.62 Å². The largest absolute Gasteiger partial charge is 0.346 e. The van der Waals surface area contributed by atoms with Crippen LogP contribution in [-0.2, 0) is 10.0 Å². The fourth-order valence-electron chi connectivity index (χ4n) is 2.32. The molecule has 0 bridgehead atoms. The second-order valence-corrected chi connectivity index (χ2v) is 8.02. The van der Waals surface area contributed by atoms with Crippen molar-refractivity contribution in [2.24, 2.45) is 0 Å². The summed E-state index contributed by atoms with van der Waals surface area (Å²) in [4.78, 5) is 12.7. The molecule has 0 unspecified atom stereocenters. The highest BCUT2D eigenvalue weighted by Gasteiger charge is 2.21. The quantitative estimate of drug-likeness (QED) is 0.905. The summed E-state index contributed by atoms with van der Waals surface area (Å²) in [6.45, 7) is 3.68. The Hall–Kier alpha value is -2.18. The van der Waals surface area contributed by atoms with Crippen LogP contribution in [0.25, 0.3) is 0 Å². The molecule has 0 fully saturated rings. The minimum absolute atomic E-state index is 0.107. The Morgan fingerprint density at radius 2 is 1.71 bits per heavy atom. The van der Waals surface area contributed by atoms with Gasteiger partial charge in [-0.05, 0) is 37.1 Å². The summed E-state index contributed by atoms with van der Waals surface area (Å²) >= 11 is 0. The number of carbonyl (C=O) groups is 1. The molecule has 2 aromatic rings. The predicted molar refractivity (Wildman–Crippen MR) is 94.4 cm³/mol.